The smallest absolute Gasteiger partial charge is 0.266 e. The third-order valence-corrected chi connectivity index (χ3v) is 4.92. The fourth-order valence-corrected chi connectivity index (χ4v) is 3.44. The van der Waals surface area contributed by atoms with Crippen LogP contribution in [0.4, 0.5) is 0 Å². The molecule has 1 fully saturated rings. The number of hydrogen-bond acceptors (Lipinski definition) is 9. The molecule has 174 valence electrons. The maximum Gasteiger partial charge on any atom is 0.266 e. The first-order valence-corrected chi connectivity index (χ1v) is 10.4. The number of carbonyl (C=O) groups is 4. The summed E-state index contributed by atoms with van der Waals surface area (Å²) in [7, 11) is 0. The van der Waals surface area contributed by atoms with Crippen molar-refractivity contribution >= 4 is 23.6 Å². The molecule has 0 aromatic heterocycles. The van der Waals surface area contributed by atoms with Crippen LogP contribution in [-0.2, 0) is 23.8 Å². The van der Waals surface area contributed by atoms with Gasteiger partial charge in [0.15, 0.2) is 0 Å². The topological polar surface area (TPSA) is 146 Å². The predicted octanol–water partition coefficient (Wildman–Crippen LogP) is -0.525. The van der Waals surface area contributed by atoms with Crippen molar-refractivity contribution in [3.05, 3.63) is 29.3 Å². The Morgan fingerprint density at radius 2 is 1.56 bits per heavy atom. The molecule has 4 amide bonds. The van der Waals surface area contributed by atoms with Gasteiger partial charge in [0, 0.05) is 13.0 Å². The van der Waals surface area contributed by atoms with Crippen molar-refractivity contribution < 1.29 is 38.1 Å². The molecule has 1 atom stereocenters. The molecular formula is C21H27N3O8. The number of nitrogens with zero attached hydrogens (tertiary/aromatic N) is 1. The van der Waals surface area contributed by atoms with E-state index in [0.29, 0.717) is 39.6 Å². The first kappa shape index (κ1) is 23.8. The fourth-order valence-electron chi connectivity index (χ4n) is 3.44. The molecule has 32 heavy (non-hydrogen) atoms. The lowest BCUT2D eigenvalue weighted by Gasteiger charge is -2.27. The normalized spacial score (nSPS) is 18.2. The third kappa shape index (κ3) is 5.68. The largest absolute Gasteiger partial charge is 0.490 e. The molecular weight excluding hydrogens is 422 g/mol. The molecule has 0 saturated carbocycles. The molecule has 1 aromatic rings. The number of imide groups is 2. The highest BCUT2D eigenvalue weighted by Crippen LogP contribution is 2.33. The van der Waals surface area contributed by atoms with Gasteiger partial charge in [0.1, 0.15) is 18.4 Å². The van der Waals surface area contributed by atoms with Crippen LogP contribution in [0.3, 0.4) is 0 Å². The summed E-state index contributed by atoms with van der Waals surface area (Å²) in [6, 6.07) is 3.69. The Bertz CT molecular complexity index is 859. The zero-order valence-corrected chi connectivity index (χ0v) is 17.7. The van der Waals surface area contributed by atoms with Gasteiger partial charge in [-0.3, -0.25) is 29.4 Å². The van der Waals surface area contributed by atoms with Gasteiger partial charge in [0.05, 0.1) is 50.8 Å². The molecule has 2 aliphatic rings. The summed E-state index contributed by atoms with van der Waals surface area (Å²) >= 11 is 0. The minimum atomic E-state index is -1.02. The van der Waals surface area contributed by atoms with Crippen LogP contribution in [0.1, 0.15) is 33.6 Å². The average molecular weight is 449 g/mol. The number of piperidine rings is 1. The van der Waals surface area contributed by atoms with Gasteiger partial charge in [-0.1, -0.05) is 6.07 Å². The van der Waals surface area contributed by atoms with E-state index in [0.717, 1.165) is 4.90 Å². The summed E-state index contributed by atoms with van der Waals surface area (Å²) < 4.78 is 21.6. The lowest BCUT2D eigenvalue weighted by molar-refractivity contribution is -0.136. The van der Waals surface area contributed by atoms with Crippen LogP contribution in [0.25, 0.3) is 0 Å². The Balaban J connectivity index is 1.47. The number of nitrogens with one attached hydrogen (secondary N) is 1. The highest BCUT2D eigenvalue weighted by atomic mass is 16.6. The Morgan fingerprint density at radius 1 is 0.906 bits per heavy atom. The second-order valence-electron chi connectivity index (χ2n) is 7.10. The first-order chi connectivity index (χ1) is 15.5. The molecule has 2 aliphatic heterocycles. The Kier molecular flexibility index (Phi) is 8.68. The molecule has 3 rings (SSSR count). The summed E-state index contributed by atoms with van der Waals surface area (Å²) in [4.78, 5) is 50.2. The molecule has 1 unspecified atom stereocenters. The highest BCUT2D eigenvalue weighted by Gasteiger charge is 2.45. The summed E-state index contributed by atoms with van der Waals surface area (Å²) in [6.45, 7) is 3.10. The molecule has 0 bridgehead atoms. The number of benzene rings is 1. The fraction of sp³-hybridized carbons (Fsp3) is 0.524. The van der Waals surface area contributed by atoms with Crippen LogP contribution >= 0.6 is 0 Å². The third-order valence-electron chi connectivity index (χ3n) is 4.92. The number of ether oxygens (including phenoxy) is 4. The van der Waals surface area contributed by atoms with E-state index >= 15 is 0 Å². The van der Waals surface area contributed by atoms with Crippen molar-refractivity contribution in [3.8, 4) is 5.75 Å². The Labute approximate surface area is 185 Å². The number of carbonyl (C=O) groups excluding carboxylic acids is 4. The van der Waals surface area contributed by atoms with Crippen LogP contribution in [0.2, 0.25) is 0 Å². The van der Waals surface area contributed by atoms with Crippen LogP contribution in [0.15, 0.2) is 18.2 Å². The quantitative estimate of drug-likeness (QED) is 0.300. The zero-order chi connectivity index (χ0) is 22.9. The van der Waals surface area contributed by atoms with Crippen LogP contribution < -0.4 is 15.8 Å². The van der Waals surface area contributed by atoms with Crippen molar-refractivity contribution in [2.45, 2.75) is 18.9 Å². The summed E-state index contributed by atoms with van der Waals surface area (Å²) in [5.74, 6) is -2.01. The van der Waals surface area contributed by atoms with Gasteiger partial charge in [-0.25, -0.2) is 0 Å². The Morgan fingerprint density at radius 3 is 2.22 bits per heavy atom. The Hall–Kier alpha value is -2.86. The summed E-state index contributed by atoms with van der Waals surface area (Å²) in [5.41, 5.74) is 5.60. The molecule has 0 aliphatic carbocycles. The maximum atomic E-state index is 13.0. The van der Waals surface area contributed by atoms with E-state index in [2.05, 4.69) is 5.32 Å². The number of hydrogen-bond donors (Lipinski definition) is 2. The van der Waals surface area contributed by atoms with Gasteiger partial charge in [-0.15, -0.1) is 0 Å². The lowest BCUT2D eigenvalue weighted by Crippen LogP contribution is -2.54. The molecule has 0 radical (unpaired) electrons. The average Bonchev–Trinajstić information content (AvgIpc) is 3.03. The van der Waals surface area contributed by atoms with Gasteiger partial charge in [-0.05, 0) is 18.6 Å². The van der Waals surface area contributed by atoms with Gasteiger partial charge in [0.25, 0.3) is 11.8 Å². The van der Waals surface area contributed by atoms with E-state index in [1.807, 2.05) is 0 Å². The van der Waals surface area contributed by atoms with E-state index in [1.54, 1.807) is 12.1 Å². The van der Waals surface area contributed by atoms with Gasteiger partial charge in [-0.2, -0.15) is 0 Å². The number of rotatable bonds is 13. The number of amides is 4. The zero-order valence-electron chi connectivity index (χ0n) is 17.7. The molecule has 11 heteroatoms. The number of nitrogens with two attached hydrogens (primary N) is 1. The SMILES string of the molecule is NCCOCCOCCOCCOc1cccc2c1C(=O)N(C1CCC(=O)NC1=O)C2=O. The lowest BCUT2D eigenvalue weighted by atomic mass is 10.0. The maximum absolute atomic E-state index is 13.0. The van der Waals surface area contributed by atoms with Gasteiger partial charge >= 0.3 is 0 Å². The van der Waals surface area contributed by atoms with Gasteiger partial charge in [0.2, 0.25) is 11.8 Å². The monoisotopic (exact) mass is 449 g/mol. The molecule has 0 spiro atoms. The summed E-state index contributed by atoms with van der Waals surface area (Å²) in [6.07, 6.45) is 0.163. The van der Waals surface area contributed by atoms with Crippen molar-refractivity contribution in [2.24, 2.45) is 5.73 Å². The van der Waals surface area contributed by atoms with E-state index in [9.17, 15) is 19.2 Å². The van der Waals surface area contributed by atoms with Crippen LogP contribution in [-0.4, -0.2) is 87.4 Å². The van der Waals surface area contributed by atoms with E-state index in [-0.39, 0.29) is 42.9 Å². The molecule has 3 N–H and O–H groups in total. The van der Waals surface area contributed by atoms with Gasteiger partial charge < -0.3 is 24.7 Å². The van der Waals surface area contributed by atoms with E-state index < -0.39 is 29.7 Å². The van der Waals surface area contributed by atoms with E-state index in [1.165, 1.54) is 6.07 Å². The molecule has 1 aromatic carbocycles. The van der Waals surface area contributed by atoms with E-state index in [4.69, 9.17) is 24.7 Å². The minimum Gasteiger partial charge on any atom is -0.490 e. The second kappa shape index (κ2) is 11.7. The van der Waals surface area contributed by atoms with Crippen LogP contribution in [0, 0.1) is 0 Å². The molecule has 1 saturated heterocycles. The molecule has 11 nitrogen and oxygen atoms in total. The predicted molar refractivity (Wildman–Crippen MR) is 110 cm³/mol. The molecule has 2 heterocycles. The van der Waals surface area contributed by atoms with Crippen molar-refractivity contribution in [3.63, 3.8) is 0 Å². The standard InChI is InChI=1S/C21H27N3O8/c22-6-7-29-8-9-30-10-11-31-12-13-32-16-3-1-2-14-18(16)21(28)24(20(14)27)15-4-5-17(25)23-19(15)26/h1-3,15H,4-13,22H2,(H,23,25,26). The second-order valence-corrected chi connectivity index (χ2v) is 7.10. The highest BCUT2D eigenvalue weighted by molar-refractivity contribution is 6.24. The van der Waals surface area contributed by atoms with Crippen LogP contribution in [0.5, 0.6) is 5.75 Å². The van der Waals surface area contributed by atoms with Crippen molar-refractivity contribution in [1.29, 1.82) is 0 Å². The first-order valence-electron chi connectivity index (χ1n) is 10.4. The summed E-state index contributed by atoms with van der Waals surface area (Å²) in [5, 5.41) is 2.17. The van der Waals surface area contributed by atoms with Crippen molar-refractivity contribution in [2.75, 3.05) is 52.8 Å². The number of fused-ring (bicyclic) bond motifs is 1. The minimum absolute atomic E-state index is 0.0644. The van der Waals surface area contributed by atoms with Crippen molar-refractivity contribution in [1.82, 2.24) is 10.2 Å².